The molecule has 0 fully saturated rings. The molecule has 0 saturated carbocycles. The molecule has 0 amide bonds. The van der Waals surface area contributed by atoms with Crippen molar-refractivity contribution in [2.45, 2.75) is 6.42 Å². The van der Waals surface area contributed by atoms with Gasteiger partial charge in [-0.15, -0.1) is 0 Å². The van der Waals surface area contributed by atoms with E-state index in [1.54, 1.807) is 12.3 Å². The zero-order valence-electron chi connectivity index (χ0n) is 4.54. The van der Waals surface area contributed by atoms with Crippen LogP contribution < -0.4 is 0 Å². The molecule has 0 N–H and O–H groups in total. The quantitative estimate of drug-likeness (QED) is 0.467. The standard InChI is InChI=1S/C6H8O2/c7-5-6-1-3-8-4-2-6/h1,3,5-6H,2,4H2. The maximum absolute atomic E-state index is 10.1. The number of carbonyl (C=O) groups excluding carboxylic acids is 1. The second-order valence-corrected chi connectivity index (χ2v) is 1.79. The van der Waals surface area contributed by atoms with Gasteiger partial charge in [0.25, 0.3) is 0 Å². The Bertz CT molecular complexity index is 107. The van der Waals surface area contributed by atoms with E-state index in [2.05, 4.69) is 0 Å². The van der Waals surface area contributed by atoms with Crippen molar-refractivity contribution < 1.29 is 9.53 Å². The van der Waals surface area contributed by atoms with Crippen LogP contribution in [0.3, 0.4) is 0 Å². The van der Waals surface area contributed by atoms with Crippen LogP contribution in [-0.4, -0.2) is 12.9 Å². The summed E-state index contributed by atoms with van der Waals surface area (Å²) in [5.41, 5.74) is 0. The van der Waals surface area contributed by atoms with E-state index in [1.165, 1.54) is 0 Å². The SMILES string of the molecule is O=CC1C=COCC1. The Hall–Kier alpha value is -0.790. The fourth-order valence-corrected chi connectivity index (χ4v) is 0.638. The molecule has 1 rings (SSSR count). The first-order valence-corrected chi connectivity index (χ1v) is 2.67. The first-order chi connectivity index (χ1) is 3.93. The molecule has 0 radical (unpaired) electrons. The second kappa shape index (κ2) is 2.50. The molecule has 8 heavy (non-hydrogen) atoms. The van der Waals surface area contributed by atoms with Crippen LogP contribution in [0.2, 0.25) is 0 Å². The molecule has 1 heterocycles. The molecule has 44 valence electrons. The van der Waals surface area contributed by atoms with Gasteiger partial charge in [0.05, 0.1) is 12.9 Å². The van der Waals surface area contributed by atoms with Crippen molar-refractivity contribution in [2.75, 3.05) is 6.61 Å². The van der Waals surface area contributed by atoms with Crippen molar-refractivity contribution in [1.82, 2.24) is 0 Å². The van der Waals surface area contributed by atoms with Crippen LogP contribution in [0.4, 0.5) is 0 Å². The van der Waals surface area contributed by atoms with E-state index in [1.807, 2.05) is 0 Å². The van der Waals surface area contributed by atoms with E-state index >= 15 is 0 Å². The Morgan fingerprint density at radius 1 is 1.75 bits per heavy atom. The number of aldehydes is 1. The Kier molecular flexibility index (Phi) is 1.67. The van der Waals surface area contributed by atoms with Crippen molar-refractivity contribution in [3.8, 4) is 0 Å². The highest BCUT2D eigenvalue weighted by Gasteiger charge is 2.05. The van der Waals surface area contributed by atoms with E-state index in [0.717, 1.165) is 12.7 Å². The van der Waals surface area contributed by atoms with Gasteiger partial charge in [-0.3, -0.25) is 0 Å². The molecule has 1 unspecified atom stereocenters. The monoisotopic (exact) mass is 112 g/mol. The van der Waals surface area contributed by atoms with Gasteiger partial charge in [0.15, 0.2) is 0 Å². The van der Waals surface area contributed by atoms with Crippen molar-refractivity contribution in [1.29, 1.82) is 0 Å². The van der Waals surface area contributed by atoms with Gasteiger partial charge in [-0.05, 0) is 12.5 Å². The Morgan fingerprint density at radius 3 is 3.00 bits per heavy atom. The van der Waals surface area contributed by atoms with Crippen LogP contribution in [0.5, 0.6) is 0 Å². The lowest BCUT2D eigenvalue weighted by atomic mass is 10.1. The van der Waals surface area contributed by atoms with E-state index < -0.39 is 0 Å². The molecular formula is C6H8O2. The van der Waals surface area contributed by atoms with E-state index in [4.69, 9.17) is 4.74 Å². The molecule has 1 atom stereocenters. The van der Waals surface area contributed by atoms with Gasteiger partial charge in [-0.2, -0.15) is 0 Å². The van der Waals surface area contributed by atoms with Gasteiger partial charge >= 0.3 is 0 Å². The molecule has 2 nitrogen and oxygen atoms in total. The number of hydrogen-bond acceptors (Lipinski definition) is 2. The van der Waals surface area contributed by atoms with Crippen LogP contribution >= 0.6 is 0 Å². The summed E-state index contributed by atoms with van der Waals surface area (Å²) < 4.78 is 4.86. The van der Waals surface area contributed by atoms with Crippen LogP contribution in [0.15, 0.2) is 12.3 Å². The molecule has 0 aromatic carbocycles. The van der Waals surface area contributed by atoms with Crippen LogP contribution in [0.25, 0.3) is 0 Å². The number of allylic oxidation sites excluding steroid dienone is 1. The first-order valence-electron chi connectivity index (χ1n) is 2.67. The summed E-state index contributed by atoms with van der Waals surface area (Å²) in [6.45, 7) is 0.680. The third-order valence-electron chi connectivity index (χ3n) is 1.17. The Labute approximate surface area is 48.1 Å². The Balaban J connectivity index is 2.42. The van der Waals surface area contributed by atoms with E-state index in [0.29, 0.717) is 6.61 Å². The van der Waals surface area contributed by atoms with Gasteiger partial charge in [-0.1, -0.05) is 0 Å². The smallest absolute Gasteiger partial charge is 0.127 e. The summed E-state index contributed by atoms with van der Waals surface area (Å²) in [6.07, 6.45) is 5.14. The molecule has 0 spiro atoms. The molecule has 2 heteroatoms. The molecule has 0 aromatic heterocycles. The number of ether oxygens (including phenoxy) is 1. The molecular weight excluding hydrogens is 104 g/mol. The lowest BCUT2D eigenvalue weighted by Gasteiger charge is -2.09. The summed E-state index contributed by atoms with van der Waals surface area (Å²) >= 11 is 0. The minimum atomic E-state index is 0.101. The van der Waals surface area contributed by atoms with Crippen molar-refractivity contribution >= 4 is 6.29 Å². The minimum absolute atomic E-state index is 0.101. The van der Waals surface area contributed by atoms with Crippen molar-refractivity contribution in [3.05, 3.63) is 12.3 Å². The third kappa shape index (κ3) is 1.09. The zero-order chi connectivity index (χ0) is 5.82. The topological polar surface area (TPSA) is 26.3 Å². The lowest BCUT2D eigenvalue weighted by molar-refractivity contribution is -0.110. The highest BCUT2D eigenvalue weighted by atomic mass is 16.5. The summed E-state index contributed by atoms with van der Waals surface area (Å²) in [6, 6.07) is 0. The molecule has 0 bridgehead atoms. The first kappa shape index (κ1) is 5.35. The number of hydrogen-bond donors (Lipinski definition) is 0. The highest BCUT2D eigenvalue weighted by Crippen LogP contribution is 2.06. The van der Waals surface area contributed by atoms with Gasteiger partial charge in [0, 0.05) is 5.92 Å². The van der Waals surface area contributed by atoms with E-state index in [9.17, 15) is 4.79 Å². The van der Waals surface area contributed by atoms with Crippen molar-refractivity contribution in [3.63, 3.8) is 0 Å². The number of carbonyl (C=O) groups is 1. The molecule has 1 aliphatic heterocycles. The van der Waals surface area contributed by atoms with Crippen LogP contribution in [0, 0.1) is 5.92 Å². The minimum Gasteiger partial charge on any atom is -0.501 e. The van der Waals surface area contributed by atoms with Crippen LogP contribution in [0.1, 0.15) is 6.42 Å². The molecule has 0 aromatic rings. The number of rotatable bonds is 1. The van der Waals surface area contributed by atoms with Gasteiger partial charge in [0.1, 0.15) is 6.29 Å². The van der Waals surface area contributed by atoms with Crippen LogP contribution in [-0.2, 0) is 9.53 Å². The van der Waals surface area contributed by atoms with Crippen molar-refractivity contribution in [2.24, 2.45) is 5.92 Å². The average Bonchev–Trinajstić information content (AvgIpc) is 1.90. The molecule has 0 saturated heterocycles. The summed E-state index contributed by atoms with van der Waals surface area (Å²) in [5.74, 6) is 0.101. The predicted molar refractivity (Wildman–Crippen MR) is 29.3 cm³/mol. The normalized spacial score (nSPS) is 26.8. The van der Waals surface area contributed by atoms with E-state index in [-0.39, 0.29) is 5.92 Å². The molecule has 1 aliphatic rings. The Morgan fingerprint density at radius 2 is 2.62 bits per heavy atom. The maximum atomic E-state index is 10.1. The van der Waals surface area contributed by atoms with Gasteiger partial charge in [0.2, 0.25) is 0 Å². The maximum Gasteiger partial charge on any atom is 0.127 e. The summed E-state index contributed by atoms with van der Waals surface area (Å²) in [4.78, 5) is 10.1. The van der Waals surface area contributed by atoms with Gasteiger partial charge < -0.3 is 9.53 Å². The average molecular weight is 112 g/mol. The fourth-order valence-electron chi connectivity index (χ4n) is 0.638. The predicted octanol–water partition coefficient (Wildman–Crippen LogP) is 0.735. The fraction of sp³-hybridized carbons (Fsp3) is 0.500. The second-order valence-electron chi connectivity index (χ2n) is 1.79. The largest absolute Gasteiger partial charge is 0.501 e. The third-order valence-corrected chi connectivity index (χ3v) is 1.17. The highest BCUT2D eigenvalue weighted by molar-refractivity contribution is 5.56. The summed E-state index contributed by atoms with van der Waals surface area (Å²) in [7, 11) is 0. The summed E-state index contributed by atoms with van der Waals surface area (Å²) in [5, 5.41) is 0. The van der Waals surface area contributed by atoms with Gasteiger partial charge in [-0.25, -0.2) is 0 Å². The zero-order valence-corrected chi connectivity index (χ0v) is 4.54. The lowest BCUT2D eigenvalue weighted by Crippen LogP contribution is -2.06. The molecule has 0 aliphatic carbocycles.